The number of thiocarbonyl (C=S) groups is 1. The first-order valence-electron chi connectivity index (χ1n) is 10.4. The van der Waals surface area contributed by atoms with Crippen LogP contribution in [0.25, 0.3) is 6.08 Å². The number of hydrogen-bond acceptors (Lipinski definition) is 5. The molecule has 1 fully saturated rings. The SMILES string of the molecule is CCOc1cc(/C=C2/SC(=S)N(n3c(C)ccc3C)C2=O)ccc1OCc1ccccc1Cl. The van der Waals surface area contributed by atoms with Crippen LogP contribution >= 0.6 is 35.6 Å². The molecular weight excluding hydrogens is 476 g/mol. The number of rotatable bonds is 7. The number of halogens is 1. The van der Waals surface area contributed by atoms with Gasteiger partial charge in [0.15, 0.2) is 15.8 Å². The fourth-order valence-electron chi connectivity index (χ4n) is 3.53. The molecule has 0 atom stereocenters. The summed E-state index contributed by atoms with van der Waals surface area (Å²) in [6.07, 6.45) is 1.83. The quantitative estimate of drug-likeness (QED) is 0.283. The zero-order valence-corrected chi connectivity index (χ0v) is 20.9. The summed E-state index contributed by atoms with van der Waals surface area (Å²) < 4.78 is 14.1. The molecule has 1 aliphatic heterocycles. The smallest absolute Gasteiger partial charge is 0.285 e. The second-order valence-electron chi connectivity index (χ2n) is 7.44. The molecule has 2 aromatic carbocycles. The third-order valence-corrected chi connectivity index (χ3v) is 6.77. The Morgan fingerprint density at radius 3 is 2.45 bits per heavy atom. The number of carbonyl (C=O) groups excluding carboxylic acids is 1. The van der Waals surface area contributed by atoms with Crippen molar-refractivity contribution in [2.75, 3.05) is 11.6 Å². The van der Waals surface area contributed by atoms with E-state index in [1.54, 1.807) is 5.01 Å². The first-order valence-corrected chi connectivity index (χ1v) is 12.1. The number of aromatic nitrogens is 1. The van der Waals surface area contributed by atoms with Crippen molar-refractivity contribution >= 4 is 51.9 Å². The molecule has 3 aromatic rings. The molecule has 1 saturated heterocycles. The molecule has 0 radical (unpaired) electrons. The van der Waals surface area contributed by atoms with Crippen molar-refractivity contribution in [1.29, 1.82) is 0 Å². The van der Waals surface area contributed by atoms with Crippen LogP contribution in [0.3, 0.4) is 0 Å². The van der Waals surface area contributed by atoms with Gasteiger partial charge in [0, 0.05) is 22.0 Å². The van der Waals surface area contributed by atoms with Crippen molar-refractivity contribution in [3.05, 3.63) is 87.0 Å². The molecule has 1 aliphatic rings. The number of aryl methyl sites for hydroxylation is 2. The van der Waals surface area contributed by atoms with E-state index in [9.17, 15) is 4.79 Å². The van der Waals surface area contributed by atoms with Crippen LogP contribution in [0.5, 0.6) is 11.5 Å². The van der Waals surface area contributed by atoms with Gasteiger partial charge in [0.2, 0.25) is 0 Å². The third kappa shape index (κ3) is 4.95. The van der Waals surface area contributed by atoms with Gasteiger partial charge in [0.25, 0.3) is 5.91 Å². The second kappa shape index (κ2) is 10.0. The molecule has 2 heterocycles. The van der Waals surface area contributed by atoms with E-state index in [4.69, 9.17) is 33.3 Å². The average Bonchev–Trinajstić information content (AvgIpc) is 3.25. The van der Waals surface area contributed by atoms with Crippen LogP contribution in [0.2, 0.25) is 5.02 Å². The molecule has 170 valence electrons. The molecule has 1 amide bonds. The lowest BCUT2D eigenvalue weighted by Crippen LogP contribution is -2.39. The molecule has 8 heteroatoms. The van der Waals surface area contributed by atoms with E-state index < -0.39 is 0 Å². The maximum Gasteiger partial charge on any atom is 0.285 e. The Labute approximate surface area is 207 Å². The standard InChI is InChI=1S/C25H23ClN2O3S2/c1-4-30-22-13-18(11-12-21(22)31-15-19-7-5-6-8-20(19)26)14-23-24(29)28(25(32)33-23)27-16(2)9-10-17(27)3/h5-14H,4,15H2,1-3H3/b23-14+. The molecule has 4 rings (SSSR count). The van der Waals surface area contributed by atoms with Gasteiger partial charge in [-0.25, -0.2) is 0 Å². The van der Waals surface area contributed by atoms with Gasteiger partial charge in [-0.15, -0.1) is 0 Å². The van der Waals surface area contributed by atoms with Crippen LogP contribution in [-0.2, 0) is 11.4 Å². The number of amides is 1. The fraction of sp³-hybridized carbons (Fsp3) is 0.200. The van der Waals surface area contributed by atoms with Gasteiger partial charge >= 0.3 is 0 Å². The van der Waals surface area contributed by atoms with Crippen LogP contribution in [0, 0.1) is 13.8 Å². The minimum absolute atomic E-state index is 0.149. The van der Waals surface area contributed by atoms with E-state index in [1.807, 2.05) is 86.1 Å². The van der Waals surface area contributed by atoms with Gasteiger partial charge in [0.05, 0.1) is 11.5 Å². The minimum atomic E-state index is -0.149. The predicted molar refractivity (Wildman–Crippen MR) is 139 cm³/mol. The Hall–Kier alpha value is -2.74. The highest BCUT2D eigenvalue weighted by Crippen LogP contribution is 2.35. The number of nitrogens with zero attached hydrogens (tertiary/aromatic N) is 2. The Balaban J connectivity index is 1.58. The van der Waals surface area contributed by atoms with Gasteiger partial charge in [-0.3, -0.25) is 9.47 Å². The van der Waals surface area contributed by atoms with Crippen molar-refractivity contribution in [3.63, 3.8) is 0 Å². The van der Waals surface area contributed by atoms with Gasteiger partial charge in [0.1, 0.15) is 6.61 Å². The van der Waals surface area contributed by atoms with Crippen LogP contribution in [-0.4, -0.2) is 21.5 Å². The lowest BCUT2D eigenvalue weighted by molar-refractivity contribution is -0.114. The van der Waals surface area contributed by atoms with Gasteiger partial charge in [-0.1, -0.05) is 47.6 Å². The molecule has 0 aliphatic carbocycles. The van der Waals surface area contributed by atoms with Crippen molar-refractivity contribution < 1.29 is 14.3 Å². The van der Waals surface area contributed by atoms with Crippen molar-refractivity contribution in [2.45, 2.75) is 27.4 Å². The maximum atomic E-state index is 13.2. The Bertz CT molecular complexity index is 1230. The molecule has 1 aromatic heterocycles. The zero-order valence-electron chi connectivity index (χ0n) is 18.5. The summed E-state index contributed by atoms with van der Waals surface area (Å²) in [7, 11) is 0. The molecule has 0 bridgehead atoms. The van der Waals surface area contributed by atoms with Crippen molar-refractivity contribution in [2.24, 2.45) is 0 Å². The molecule has 0 unspecified atom stereocenters. The first kappa shape index (κ1) is 23.4. The number of ether oxygens (including phenoxy) is 2. The Kier molecular flexibility index (Phi) is 7.12. The van der Waals surface area contributed by atoms with Crippen molar-refractivity contribution in [1.82, 2.24) is 4.68 Å². The molecule has 0 N–H and O–H groups in total. The van der Waals surface area contributed by atoms with E-state index in [0.717, 1.165) is 22.5 Å². The van der Waals surface area contributed by atoms with Crippen molar-refractivity contribution in [3.8, 4) is 11.5 Å². The van der Waals surface area contributed by atoms with Crippen LogP contribution in [0.1, 0.15) is 29.4 Å². The lowest BCUT2D eigenvalue weighted by Gasteiger charge is -2.20. The third-order valence-electron chi connectivity index (χ3n) is 5.11. The molecular formula is C25H23ClN2O3S2. The molecule has 5 nitrogen and oxygen atoms in total. The fourth-order valence-corrected chi connectivity index (χ4v) is 4.96. The molecule has 0 spiro atoms. The summed E-state index contributed by atoms with van der Waals surface area (Å²) in [6, 6.07) is 17.1. The summed E-state index contributed by atoms with van der Waals surface area (Å²) in [4.78, 5) is 13.7. The highest BCUT2D eigenvalue weighted by molar-refractivity contribution is 8.27. The number of benzene rings is 2. The van der Waals surface area contributed by atoms with E-state index in [-0.39, 0.29) is 5.91 Å². The van der Waals surface area contributed by atoms with Gasteiger partial charge in [-0.2, -0.15) is 5.01 Å². The van der Waals surface area contributed by atoms with E-state index in [1.165, 1.54) is 11.8 Å². The number of thioether (sulfide) groups is 1. The number of carbonyl (C=O) groups is 1. The monoisotopic (exact) mass is 498 g/mol. The highest BCUT2D eigenvalue weighted by Gasteiger charge is 2.34. The van der Waals surface area contributed by atoms with E-state index in [0.29, 0.717) is 39.0 Å². The Morgan fingerprint density at radius 2 is 1.76 bits per heavy atom. The van der Waals surface area contributed by atoms with Crippen LogP contribution in [0.15, 0.2) is 59.5 Å². The number of hydrogen-bond donors (Lipinski definition) is 0. The normalized spacial score (nSPS) is 14.9. The Morgan fingerprint density at radius 1 is 1.03 bits per heavy atom. The van der Waals surface area contributed by atoms with Gasteiger partial charge in [-0.05, 0) is 75.0 Å². The lowest BCUT2D eigenvalue weighted by atomic mass is 10.1. The van der Waals surface area contributed by atoms with Crippen LogP contribution in [0.4, 0.5) is 0 Å². The highest BCUT2D eigenvalue weighted by atomic mass is 35.5. The van der Waals surface area contributed by atoms with Crippen LogP contribution < -0.4 is 14.5 Å². The molecule has 0 saturated carbocycles. The second-order valence-corrected chi connectivity index (χ2v) is 9.52. The first-order chi connectivity index (χ1) is 15.9. The van der Waals surface area contributed by atoms with E-state index >= 15 is 0 Å². The largest absolute Gasteiger partial charge is 0.490 e. The van der Waals surface area contributed by atoms with E-state index in [2.05, 4.69) is 0 Å². The summed E-state index contributed by atoms with van der Waals surface area (Å²) in [5, 5.41) is 2.20. The predicted octanol–water partition coefficient (Wildman–Crippen LogP) is 6.27. The average molecular weight is 499 g/mol. The summed E-state index contributed by atoms with van der Waals surface area (Å²) in [5.41, 5.74) is 3.61. The minimum Gasteiger partial charge on any atom is -0.490 e. The van der Waals surface area contributed by atoms with Gasteiger partial charge < -0.3 is 9.47 Å². The summed E-state index contributed by atoms with van der Waals surface area (Å²) in [5.74, 6) is 1.07. The maximum absolute atomic E-state index is 13.2. The zero-order chi connectivity index (χ0) is 23.5. The topological polar surface area (TPSA) is 43.7 Å². The summed E-state index contributed by atoms with van der Waals surface area (Å²) >= 11 is 13.0. The summed E-state index contributed by atoms with van der Waals surface area (Å²) in [6.45, 7) is 6.63. The molecule has 33 heavy (non-hydrogen) atoms.